The highest BCUT2D eigenvalue weighted by Gasteiger charge is 2.20. The van der Waals surface area contributed by atoms with Crippen molar-refractivity contribution in [2.75, 3.05) is 5.73 Å². The summed E-state index contributed by atoms with van der Waals surface area (Å²) >= 11 is 0. The maximum absolute atomic E-state index is 11.2. The van der Waals surface area contributed by atoms with E-state index in [2.05, 4.69) is 6.92 Å². The summed E-state index contributed by atoms with van der Waals surface area (Å²) in [4.78, 5) is 11.2. The number of benzene rings is 1. The summed E-state index contributed by atoms with van der Waals surface area (Å²) < 4.78 is 5.87. The molecule has 2 rings (SSSR count). The van der Waals surface area contributed by atoms with Crippen LogP contribution in [0.1, 0.15) is 48.5 Å². The number of aromatic carboxylic acids is 1. The van der Waals surface area contributed by atoms with Gasteiger partial charge in [-0.1, -0.05) is 31.9 Å². The second kappa shape index (κ2) is 6.06. The zero-order valence-electron chi connectivity index (χ0n) is 11.3. The van der Waals surface area contributed by atoms with Crippen LogP contribution in [-0.4, -0.2) is 17.2 Å². The van der Waals surface area contributed by atoms with E-state index in [0.717, 1.165) is 12.8 Å². The Hall–Kier alpha value is -1.55. The number of carboxylic acid groups (broad SMARTS) is 1. The molecule has 1 aliphatic rings. The van der Waals surface area contributed by atoms with Crippen molar-refractivity contribution in [2.24, 2.45) is 5.92 Å². The average molecular weight is 263 g/mol. The highest BCUT2D eigenvalue weighted by atomic mass is 16.5. The normalized spacial score (nSPS) is 23.2. The number of carbonyl (C=O) groups is 1. The second-order valence-corrected chi connectivity index (χ2v) is 5.39. The minimum absolute atomic E-state index is 0.173. The third-order valence-electron chi connectivity index (χ3n) is 3.76. The molecule has 0 heterocycles. The first-order chi connectivity index (χ1) is 9.08. The molecule has 0 spiro atoms. The summed E-state index contributed by atoms with van der Waals surface area (Å²) in [5.41, 5.74) is 6.84. The van der Waals surface area contributed by atoms with Gasteiger partial charge in [-0.3, -0.25) is 0 Å². The van der Waals surface area contributed by atoms with E-state index < -0.39 is 5.97 Å². The molecule has 1 aliphatic carbocycles. The molecule has 104 valence electrons. The first-order valence-electron chi connectivity index (χ1n) is 6.80. The summed E-state index contributed by atoms with van der Waals surface area (Å²) in [6.07, 6.45) is 4.82. The third-order valence-corrected chi connectivity index (χ3v) is 3.76. The maximum atomic E-state index is 11.2. The fourth-order valence-electron chi connectivity index (χ4n) is 2.74. The van der Waals surface area contributed by atoms with Gasteiger partial charge >= 0.3 is 5.97 Å². The number of nitrogen functional groups attached to an aromatic ring is 1. The van der Waals surface area contributed by atoms with Crippen molar-refractivity contribution in [3.8, 4) is 0 Å². The average Bonchev–Trinajstić information content (AvgIpc) is 2.36. The van der Waals surface area contributed by atoms with Crippen molar-refractivity contribution in [1.29, 1.82) is 0 Å². The molecule has 0 aromatic heterocycles. The molecule has 0 radical (unpaired) electrons. The second-order valence-electron chi connectivity index (χ2n) is 5.39. The van der Waals surface area contributed by atoms with Crippen LogP contribution in [0.4, 0.5) is 5.69 Å². The molecule has 3 N–H and O–H groups in total. The lowest BCUT2D eigenvalue weighted by atomic mass is 9.89. The van der Waals surface area contributed by atoms with E-state index >= 15 is 0 Å². The molecule has 0 aliphatic heterocycles. The topological polar surface area (TPSA) is 72.5 Å². The molecule has 0 bridgehead atoms. The summed E-state index contributed by atoms with van der Waals surface area (Å²) in [7, 11) is 0. The fraction of sp³-hybridized carbons (Fsp3) is 0.533. The molecule has 1 aromatic carbocycles. The van der Waals surface area contributed by atoms with Gasteiger partial charge in [0.2, 0.25) is 0 Å². The van der Waals surface area contributed by atoms with Crippen LogP contribution in [0.2, 0.25) is 0 Å². The van der Waals surface area contributed by atoms with Gasteiger partial charge in [0.15, 0.2) is 0 Å². The lowest BCUT2D eigenvalue weighted by Gasteiger charge is -2.27. The summed E-state index contributed by atoms with van der Waals surface area (Å²) in [6, 6.07) is 5.14. The largest absolute Gasteiger partial charge is 0.478 e. The molecular weight excluding hydrogens is 242 g/mol. The first kappa shape index (κ1) is 13.9. The van der Waals surface area contributed by atoms with Crippen LogP contribution in [0.5, 0.6) is 0 Å². The van der Waals surface area contributed by atoms with Crippen LogP contribution in [0, 0.1) is 5.92 Å². The Morgan fingerprint density at radius 3 is 2.95 bits per heavy atom. The van der Waals surface area contributed by atoms with Crippen LogP contribution in [0.15, 0.2) is 18.2 Å². The van der Waals surface area contributed by atoms with Crippen LogP contribution in [0.25, 0.3) is 0 Å². The predicted octanol–water partition coefficient (Wildman–Crippen LogP) is 3.06. The number of anilines is 1. The molecular formula is C15H21NO3. The van der Waals surface area contributed by atoms with Gasteiger partial charge in [-0.15, -0.1) is 0 Å². The lowest BCUT2D eigenvalue weighted by molar-refractivity contribution is 0.00416. The number of rotatable bonds is 4. The Labute approximate surface area is 113 Å². The Morgan fingerprint density at radius 2 is 2.26 bits per heavy atom. The molecule has 0 amide bonds. The van der Waals surface area contributed by atoms with Gasteiger partial charge in [0.05, 0.1) is 18.3 Å². The Balaban J connectivity index is 2.03. The SMILES string of the molecule is CC1CCCC(OCc2cccc(N)c2C(=O)O)C1. The molecule has 4 nitrogen and oxygen atoms in total. The van der Waals surface area contributed by atoms with Crippen molar-refractivity contribution in [3.63, 3.8) is 0 Å². The van der Waals surface area contributed by atoms with Gasteiger partial charge in [0.1, 0.15) is 0 Å². The highest BCUT2D eigenvalue weighted by molar-refractivity contribution is 5.95. The zero-order chi connectivity index (χ0) is 13.8. The zero-order valence-corrected chi connectivity index (χ0v) is 11.3. The standard InChI is InChI=1S/C15H21NO3/c1-10-4-2-6-12(8-10)19-9-11-5-3-7-13(16)14(11)15(17)18/h3,5,7,10,12H,2,4,6,8-9,16H2,1H3,(H,17,18). The molecule has 4 heteroatoms. The predicted molar refractivity (Wildman–Crippen MR) is 74.0 cm³/mol. The highest BCUT2D eigenvalue weighted by Crippen LogP contribution is 2.27. The summed E-state index contributed by atoms with van der Waals surface area (Å²) in [5, 5.41) is 9.19. The summed E-state index contributed by atoms with van der Waals surface area (Å²) in [6.45, 7) is 2.56. The fourth-order valence-corrected chi connectivity index (χ4v) is 2.74. The maximum Gasteiger partial charge on any atom is 0.338 e. The lowest BCUT2D eigenvalue weighted by Crippen LogP contribution is -2.21. The van der Waals surface area contributed by atoms with E-state index in [0.29, 0.717) is 23.8 Å². The number of hydrogen-bond donors (Lipinski definition) is 2. The van der Waals surface area contributed by atoms with Gasteiger partial charge in [0, 0.05) is 5.69 Å². The van der Waals surface area contributed by atoms with Gasteiger partial charge in [0.25, 0.3) is 0 Å². The van der Waals surface area contributed by atoms with Crippen molar-refractivity contribution < 1.29 is 14.6 Å². The van der Waals surface area contributed by atoms with Crippen molar-refractivity contribution in [2.45, 2.75) is 45.3 Å². The third kappa shape index (κ3) is 3.47. The van der Waals surface area contributed by atoms with E-state index in [1.165, 1.54) is 12.8 Å². The number of carboxylic acids is 1. The van der Waals surface area contributed by atoms with E-state index in [1.807, 2.05) is 0 Å². The Morgan fingerprint density at radius 1 is 1.47 bits per heavy atom. The molecule has 0 saturated heterocycles. The van der Waals surface area contributed by atoms with Crippen molar-refractivity contribution in [3.05, 3.63) is 29.3 Å². The number of ether oxygens (including phenoxy) is 1. The Bertz CT molecular complexity index is 459. The van der Waals surface area contributed by atoms with Gasteiger partial charge in [-0.25, -0.2) is 4.79 Å². The van der Waals surface area contributed by atoms with Crippen LogP contribution in [0.3, 0.4) is 0 Å². The van der Waals surface area contributed by atoms with Crippen LogP contribution < -0.4 is 5.73 Å². The minimum Gasteiger partial charge on any atom is -0.478 e. The molecule has 2 unspecified atom stereocenters. The van der Waals surface area contributed by atoms with Crippen LogP contribution in [-0.2, 0) is 11.3 Å². The van der Waals surface area contributed by atoms with E-state index in [-0.39, 0.29) is 11.7 Å². The molecule has 1 fully saturated rings. The van der Waals surface area contributed by atoms with Gasteiger partial charge in [-0.2, -0.15) is 0 Å². The number of nitrogens with two attached hydrogens (primary N) is 1. The van der Waals surface area contributed by atoms with Gasteiger partial charge in [-0.05, 0) is 30.4 Å². The van der Waals surface area contributed by atoms with Crippen molar-refractivity contribution in [1.82, 2.24) is 0 Å². The van der Waals surface area contributed by atoms with E-state index in [1.54, 1.807) is 18.2 Å². The monoisotopic (exact) mass is 263 g/mol. The molecule has 1 saturated carbocycles. The molecule has 19 heavy (non-hydrogen) atoms. The van der Waals surface area contributed by atoms with Crippen molar-refractivity contribution >= 4 is 11.7 Å². The van der Waals surface area contributed by atoms with E-state index in [9.17, 15) is 9.90 Å². The number of hydrogen-bond acceptors (Lipinski definition) is 3. The smallest absolute Gasteiger partial charge is 0.338 e. The molecule has 2 atom stereocenters. The van der Waals surface area contributed by atoms with Gasteiger partial charge < -0.3 is 15.6 Å². The molecule has 1 aromatic rings. The van der Waals surface area contributed by atoms with E-state index in [4.69, 9.17) is 10.5 Å². The van der Waals surface area contributed by atoms with Crippen LogP contribution >= 0.6 is 0 Å². The Kier molecular flexibility index (Phi) is 4.43. The minimum atomic E-state index is -0.992. The quantitative estimate of drug-likeness (QED) is 0.819. The first-order valence-corrected chi connectivity index (χ1v) is 6.80. The summed E-state index contributed by atoms with van der Waals surface area (Å²) in [5.74, 6) is -0.299.